The van der Waals surface area contributed by atoms with Crippen LogP contribution in [0.4, 0.5) is 20.3 Å². The molecule has 1 heterocycles. The number of alkyl halides is 2. The van der Waals surface area contributed by atoms with Gasteiger partial charge in [0.05, 0.1) is 6.33 Å². The topological polar surface area (TPSA) is 67.0 Å². The molecular weight excluding hydrogens is 371 g/mol. The third kappa shape index (κ3) is 3.63. The minimum atomic E-state index is -2.85. The Morgan fingerprint density at radius 3 is 2.63 bits per heavy atom. The lowest BCUT2D eigenvalue weighted by molar-refractivity contribution is -0.0498. The molecule has 8 heteroatoms. The average Bonchev–Trinajstić information content (AvgIpc) is 2.37. The van der Waals surface area contributed by atoms with Gasteiger partial charge in [-0.15, -0.1) is 0 Å². The number of nitrogens with zero attached hydrogens (tertiary/aromatic N) is 1. The molecule has 0 radical (unpaired) electrons. The number of halogens is 3. The summed E-state index contributed by atoms with van der Waals surface area (Å²) in [5.74, 6) is 0.459. The summed E-state index contributed by atoms with van der Waals surface area (Å²) in [6.07, 6.45) is 1.28. The molecule has 0 fully saturated rings. The number of aromatic nitrogens is 2. The van der Waals surface area contributed by atoms with Crippen LogP contribution in [0.15, 0.2) is 35.4 Å². The van der Waals surface area contributed by atoms with E-state index in [1.54, 1.807) is 12.1 Å². The minimum Gasteiger partial charge on any atom is -0.435 e. The first kappa shape index (κ1) is 13.7. The summed E-state index contributed by atoms with van der Waals surface area (Å²) in [4.78, 5) is 17.8. The summed E-state index contributed by atoms with van der Waals surface area (Å²) in [7, 11) is 0. The van der Waals surface area contributed by atoms with Gasteiger partial charge in [-0.1, -0.05) is 0 Å². The van der Waals surface area contributed by atoms with Crippen molar-refractivity contribution in [1.82, 2.24) is 9.97 Å². The zero-order chi connectivity index (χ0) is 13.8. The maximum absolute atomic E-state index is 12.0. The lowest BCUT2D eigenvalue weighted by Gasteiger charge is -2.08. The average molecular weight is 379 g/mol. The van der Waals surface area contributed by atoms with E-state index in [1.807, 2.05) is 22.6 Å². The third-order valence-corrected chi connectivity index (χ3v) is 3.14. The largest absolute Gasteiger partial charge is 0.435 e. The van der Waals surface area contributed by atoms with Gasteiger partial charge in [-0.2, -0.15) is 8.78 Å². The molecule has 0 aliphatic carbocycles. The Labute approximate surface area is 120 Å². The van der Waals surface area contributed by atoms with Gasteiger partial charge in [-0.05, 0) is 46.9 Å². The molecule has 19 heavy (non-hydrogen) atoms. The van der Waals surface area contributed by atoms with E-state index in [9.17, 15) is 13.6 Å². The fourth-order valence-electron chi connectivity index (χ4n) is 1.33. The number of aromatic amines is 1. The van der Waals surface area contributed by atoms with Crippen LogP contribution in [0.5, 0.6) is 5.75 Å². The van der Waals surface area contributed by atoms with Crippen molar-refractivity contribution in [3.05, 3.63) is 44.5 Å². The van der Waals surface area contributed by atoms with Crippen molar-refractivity contribution in [1.29, 1.82) is 0 Å². The fraction of sp³-hybridized carbons (Fsp3) is 0.0909. The molecule has 5 nitrogen and oxygen atoms in total. The highest BCUT2D eigenvalue weighted by Gasteiger charge is 2.06. The molecule has 2 rings (SSSR count). The lowest BCUT2D eigenvalue weighted by Crippen LogP contribution is -2.12. The zero-order valence-electron chi connectivity index (χ0n) is 9.36. The quantitative estimate of drug-likeness (QED) is 0.802. The van der Waals surface area contributed by atoms with E-state index in [-0.39, 0.29) is 11.3 Å². The number of rotatable bonds is 4. The minimum absolute atomic E-state index is 0.0640. The van der Waals surface area contributed by atoms with E-state index >= 15 is 0 Å². The van der Waals surface area contributed by atoms with Gasteiger partial charge in [0.1, 0.15) is 9.32 Å². The maximum Gasteiger partial charge on any atom is 0.387 e. The lowest BCUT2D eigenvalue weighted by atomic mass is 10.3. The van der Waals surface area contributed by atoms with Gasteiger partial charge in [0.2, 0.25) is 0 Å². The van der Waals surface area contributed by atoms with Crippen molar-refractivity contribution in [3.8, 4) is 5.75 Å². The van der Waals surface area contributed by atoms with E-state index < -0.39 is 6.61 Å². The van der Waals surface area contributed by atoms with Crippen LogP contribution in [0.1, 0.15) is 0 Å². The number of anilines is 2. The monoisotopic (exact) mass is 379 g/mol. The van der Waals surface area contributed by atoms with Crippen LogP contribution in [0, 0.1) is 3.57 Å². The molecule has 0 saturated carbocycles. The van der Waals surface area contributed by atoms with Crippen molar-refractivity contribution in [2.24, 2.45) is 0 Å². The SMILES string of the molecule is O=c1[nH]cnc(Nc2ccc(OC(F)F)cc2)c1I. The molecule has 0 aliphatic rings. The van der Waals surface area contributed by atoms with Crippen molar-refractivity contribution in [2.75, 3.05) is 5.32 Å². The molecule has 0 unspecified atom stereocenters. The van der Waals surface area contributed by atoms with E-state index in [0.29, 0.717) is 15.1 Å². The van der Waals surface area contributed by atoms with E-state index in [1.165, 1.54) is 18.5 Å². The van der Waals surface area contributed by atoms with Crippen molar-refractivity contribution in [2.45, 2.75) is 6.61 Å². The van der Waals surface area contributed by atoms with Gasteiger partial charge in [-0.3, -0.25) is 4.79 Å². The maximum atomic E-state index is 12.0. The Hall–Kier alpha value is -1.71. The van der Waals surface area contributed by atoms with E-state index in [2.05, 4.69) is 20.0 Å². The number of hydrogen-bond acceptors (Lipinski definition) is 4. The zero-order valence-corrected chi connectivity index (χ0v) is 11.5. The van der Waals surface area contributed by atoms with Crippen molar-refractivity contribution < 1.29 is 13.5 Å². The number of nitrogens with one attached hydrogen (secondary N) is 2. The molecule has 0 saturated heterocycles. The summed E-state index contributed by atoms with van der Waals surface area (Å²) in [5.41, 5.74) is 0.355. The van der Waals surface area contributed by atoms with Crippen LogP contribution in [-0.2, 0) is 0 Å². The van der Waals surface area contributed by atoms with E-state index in [4.69, 9.17) is 0 Å². The second-order valence-electron chi connectivity index (χ2n) is 3.42. The Morgan fingerprint density at radius 1 is 1.32 bits per heavy atom. The van der Waals surface area contributed by atoms with Crippen LogP contribution in [0.2, 0.25) is 0 Å². The van der Waals surface area contributed by atoms with Gasteiger partial charge in [-0.25, -0.2) is 4.98 Å². The van der Waals surface area contributed by atoms with Gasteiger partial charge >= 0.3 is 6.61 Å². The predicted molar refractivity (Wildman–Crippen MR) is 73.9 cm³/mol. The van der Waals surface area contributed by atoms with Gasteiger partial charge < -0.3 is 15.0 Å². The smallest absolute Gasteiger partial charge is 0.387 e. The molecule has 2 N–H and O–H groups in total. The molecular formula is C11H8F2IN3O2. The van der Waals surface area contributed by atoms with Crippen LogP contribution in [0.3, 0.4) is 0 Å². The predicted octanol–water partition coefficient (Wildman–Crippen LogP) is 2.72. The second kappa shape index (κ2) is 5.95. The summed E-state index contributed by atoms with van der Waals surface area (Å²) in [5, 5.41) is 2.91. The van der Waals surface area contributed by atoms with Crippen LogP contribution < -0.4 is 15.6 Å². The summed E-state index contributed by atoms with van der Waals surface area (Å²) < 4.78 is 28.6. The molecule has 2 aromatic rings. The molecule has 0 aliphatic heterocycles. The first-order valence-electron chi connectivity index (χ1n) is 5.11. The molecule has 100 valence electrons. The third-order valence-electron chi connectivity index (χ3n) is 2.14. The van der Waals surface area contributed by atoms with Crippen molar-refractivity contribution in [3.63, 3.8) is 0 Å². The molecule has 1 aromatic carbocycles. The Bertz CT molecular complexity index is 616. The fourth-order valence-corrected chi connectivity index (χ4v) is 1.76. The number of ether oxygens (including phenoxy) is 1. The highest BCUT2D eigenvalue weighted by Crippen LogP contribution is 2.21. The number of benzene rings is 1. The van der Waals surface area contributed by atoms with Crippen molar-refractivity contribution >= 4 is 34.1 Å². The van der Waals surface area contributed by atoms with Crippen LogP contribution >= 0.6 is 22.6 Å². The van der Waals surface area contributed by atoms with Gasteiger partial charge in [0.15, 0.2) is 5.82 Å². The van der Waals surface area contributed by atoms with Crippen LogP contribution in [0.25, 0.3) is 0 Å². The summed E-state index contributed by atoms with van der Waals surface area (Å²) >= 11 is 1.86. The summed E-state index contributed by atoms with van der Waals surface area (Å²) in [6.45, 7) is -2.85. The first-order chi connectivity index (χ1) is 9.06. The highest BCUT2D eigenvalue weighted by atomic mass is 127. The molecule has 0 amide bonds. The molecule has 0 spiro atoms. The first-order valence-corrected chi connectivity index (χ1v) is 6.19. The highest BCUT2D eigenvalue weighted by molar-refractivity contribution is 14.1. The molecule has 0 atom stereocenters. The van der Waals surface area contributed by atoms with Gasteiger partial charge in [0.25, 0.3) is 5.56 Å². The molecule has 0 bridgehead atoms. The Morgan fingerprint density at radius 2 is 2.00 bits per heavy atom. The number of hydrogen-bond donors (Lipinski definition) is 2. The Balaban J connectivity index is 2.15. The second-order valence-corrected chi connectivity index (χ2v) is 4.50. The van der Waals surface area contributed by atoms with Crippen LogP contribution in [-0.4, -0.2) is 16.6 Å². The van der Waals surface area contributed by atoms with Gasteiger partial charge in [0, 0.05) is 5.69 Å². The normalized spacial score (nSPS) is 10.5. The standard InChI is InChI=1S/C11H8F2IN3O2/c12-11(13)19-7-3-1-6(2-4-7)17-9-8(14)10(18)16-5-15-9/h1-5,11H,(H2,15,16,17,18). The molecule has 1 aromatic heterocycles. The Kier molecular flexibility index (Phi) is 4.30. The van der Waals surface area contributed by atoms with E-state index in [0.717, 1.165) is 0 Å². The summed E-state index contributed by atoms with van der Waals surface area (Å²) in [6, 6.07) is 5.90. The number of H-pyrrole nitrogens is 1.